The highest BCUT2D eigenvalue weighted by Crippen LogP contribution is 2.34. The Morgan fingerprint density at radius 2 is 2.16 bits per heavy atom. The molecule has 0 atom stereocenters. The molecule has 0 aliphatic heterocycles. The van der Waals surface area contributed by atoms with Gasteiger partial charge in [-0.1, -0.05) is 13.8 Å². The van der Waals surface area contributed by atoms with Crippen LogP contribution in [0.1, 0.15) is 36.4 Å². The van der Waals surface area contributed by atoms with E-state index in [0.29, 0.717) is 6.54 Å². The molecule has 1 aromatic heterocycles. The van der Waals surface area contributed by atoms with Gasteiger partial charge >= 0.3 is 5.97 Å². The van der Waals surface area contributed by atoms with Crippen LogP contribution in [0.25, 0.3) is 0 Å². The van der Waals surface area contributed by atoms with Crippen LogP contribution < -0.4 is 0 Å². The molecular formula is C12H17NO4S2. The van der Waals surface area contributed by atoms with E-state index in [1.165, 1.54) is 15.8 Å². The number of carboxylic acid groups (broad SMARTS) is 1. The third-order valence-corrected chi connectivity index (χ3v) is 5.86. The number of hydrogen-bond acceptors (Lipinski definition) is 4. The summed E-state index contributed by atoms with van der Waals surface area (Å²) in [5, 5.41) is 10.3. The van der Waals surface area contributed by atoms with Crippen LogP contribution in [-0.4, -0.2) is 36.4 Å². The Morgan fingerprint density at radius 3 is 2.58 bits per heavy atom. The van der Waals surface area contributed by atoms with Crippen LogP contribution in [0, 0.1) is 5.92 Å². The standard InChI is InChI=1S/C12H17NO4S2/c1-8(2)6-13(9-3-4-9)19(16,17)10-5-11(12(14)15)18-7-10/h5,7-9H,3-4,6H2,1-2H3,(H,14,15). The molecule has 1 aliphatic rings. The number of rotatable bonds is 6. The zero-order valence-corrected chi connectivity index (χ0v) is 12.5. The normalized spacial score (nSPS) is 16.2. The van der Waals surface area contributed by atoms with E-state index in [2.05, 4.69) is 0 Å². The lowest BCUT2D eigenvalue weighted by molar-refractivity contribution is 0.0702. The predicted molar refractivity (Wildman–Crippen MR) is 73.0 cm³/mol. The van der Waals surface area contributed by atoms with Crippen LogP contribution in [0.3, 0.4) is 0 Å². The Balaban J connectivity index is 2.30. The first-order valence-corrected chi connectivity index (χ1v) is 8.48. The van der Waals surface area contributed by atoms with E-state index in [1.54, 1.807) is 0 Å². The van der Waals surface area contributed by atoms with Gasteiger partial charge in [-0.05, 0) is 24.8 Å². The van der Waals surface area contributed by atoms with E-state index in [1.807, 2.05) is 13.8 Å². The van der Waals surface area contributed by atoms with Crippen LogP contribution in [0.4, 0.5) is 0 Å². The van der Waals surface area contributed by atoms with Gasteiger partial charge in [0, 0.05) is 18.0 Å². The molecule has 0 aromatic carbocycles. The van der Waals surface area contributed by atoms with E-state index in [4.69, 9.17) is 5.11 Å². The van der Waals surface area contributed by atoms with Gasteiger partial charge in [0.1, 0.15) is 4.88 Å². The Morgan fingerprint density at radius 1 is 1.53 bits per heavy atom. The first kappa shape index (κ1) is 14.5. The third kappa shape index (κ3) is 3.16. The molecule has 0 unspecified atom stereocenters. The van der Waals surface area contributed by atoms with Crippen molar-refractivity contribution in [3.8, 4) is 0 Å². The average molecular weight is 303 g/mol. The van der Waals surface area contributed by atoms with Gasteiger partial charge in [0.25, 0.3) is 0 Å². The van der Waals surface area contributed by atoms with Crippen molar-refractivity contribution in [1.82, 2.24) is 4.31 Å². The van der Waals surface area contributed by atoms with Crippen molar-refractivity contribution in [2.75, 3.05) is 6.54 Å². The summed E-state index contributed by atoms with van der Waals surface area (Å²) >= 11 is 0.948. The molecule has 0 amide bonds. The summed E-state index contributed by atoms with van der Waals surface area (Å²) in [6.07, 6.45) is 1.78. The maximum Gasteiger partial charge on any atom is 0.345 e. The number of carbonyl (C=O) groups is 1. The number of sulfonamides is 1. The molecule has 1 aliphatic carbocycles. The van der Waals surface area contributed by atoms with Gasteiger partial charge in [-0.3, -0.25) is 0 Å². The Labute approximate surface area is 116 Å². The van der Waals surface area contributed by atoms with Gasteiger partial charge in [-0.25, -0.2) is 13.2 Å². The van der Waals surface area contributed by atoms with Crippen LogP contribution in [0.15, 0.2) is 16.3 Å². The van der Waals surface area contributed by atoms with Gasteiger partial charge in [0.05, 0.1) is 4.90 Å². The molecule has 1 saturated carbocycles. The second-order valence-corrected chi connectivity index (χ2v) is 7.95. The number of thiophene rings is 1. The minimum atomic E-state index is -3.57. The zero-order chi connectivity index (χ0) is 14.2. The quantitative estimate of drug-likeness (QED) is 0.874. The summed E-state index contributed by atoms with van der Waals surface area (Å²) in [5.41, 5.74) is 0. The van der Waals surface area contributed by atoms with Crippen LogP contribution in [0.2, 0.25) is 0 Å². The molecule has 1 fully saturated rings. The molecule has 2 rings (SSSR count). The molecule has 0 spiro atoms. The first-order chi connectivity index (χ1) is 8.82. The predicted octanol–water partition coefficient (Wildman–Crippen LogP) is 2.26. The average Bonchev–Trinajstić information content (AvgIpc) is 2.99. The minimum absolute atomic E-state index is 0.0545. The van der Waals surface area contributed by atoms with Gasteiger partial charge in [0.15, 0.2) is 0 Å². The lowest BCUT2D eigenvalue weighted by Crippen LogP contribution is -2.35. The van der Waals surface area contributed by atoms with Gasteiger partial charge in [0.2, 0.25) is 10.0 Å². The lowest BCUT2D eigenvalue weighted by Gasteiger charge is -2.23. The Bertz CT molecular complexity index is 572. The molecule has 1 heterocycles. The number of hydrogen-bond donors (Lipinski definition) is 1. The van der Waals surface area contributed by atoms with Crippen molar-refractivity contribution < 1.29 is 18.3 Å². The van der Waals surface area contributed by atoms with E-state index < -0.39 is 16.0 Å². The van der Waals surface area contributed by atoms with Crippen molar-refractivity contribution in [2.45, 2.75) is 37.6 Å². The summed E-state index contributed by atoms with van der Waals surface area (Å²) in [7, 11) is -3.57. The second kappa shape index (κ2) is 5.22. The van der Waals surface area contributed by atoms with Crippen molar-refractivity contribution in [3.63, 3.8) is 0 Å². The molecular weight excluding hydrogens is 286 g/mol. The van der Waals surface area contributed by atoms with E-state index in [0.717, 1.165) is 24.2 Å². The van der Waals surface area contributed by atoms with Gasteiger partial charge in [-0.15, -0.1) is 11.3 Å². The number of aromatic carboxylic acids is 1. The fourth-order valence-corrected chi connectivity index (χ4v) is 4.82. The smallest absolute Gasteiger partial charge is 0.345 e. The van der Waals surface area contributed by atoms with Gasteiger partial charge < -0.3 is 5.11 Å². The lowest BCUT2D eigenvalue weighted by atomic mass is 10.2. The summed E-state index contributed by atoms with van der Waals surface area (Å²) in [6.45, 7) is 4.42. The summed E-state index contributed by atoms with van der Waals surface area (Å²) in [4.78, 5) is 11.0. The molecule has 0 saturated heterocycles. The van der Waals surface area contributed by atoms with Crippen molar-refractivity contribution in [1.29, 1.82) is 0 Å². The fraction of sp³-hybridized carbons (Fsp3) is 0.583. The fourth-order valence-electron chi connectivity index (χ4n) is 1.87. The van der Waals surface area contributed by atoms with Gasteiger partial charge in [-0.2, -0.15) is 4.31 Å². The highest BCUT2D eigenvalue weighted by Gasteiger charge is 2.38. The highest BCUT2D eigenvalue weighted by molar-refractivity contribution is 7.89. The minimum Gasteiger partial charge on any atom is -0.477 e. The maximum atomic E-state index is 12.5. The zero-order valence-electron chi connectivity index (χ0n) is 10.9. The number of nitrogens with zero attached hydrogens (tertiary/aromatic N) is 1. The van der Waals surface area contributed by atoms with E-state index in [9.17, 15) is 13.2 Å². The van der Waals surface area contributed by atoms with Crippen molar-refractivity contribution in [2.24, 2.45) is 5.92 Å². The molecule has 5 nitrogen and oxygen atoms in total. The molecule has 0 radical (unpaired) electrons. The summed E-state index contributed by atoms with van der Waals surface area (Å²) in [5.74, 6) is -0.846. The molecule has 1 aromatic rings. The molecule has 0 bridgehead atoms. The SMILES string of the molecule is CC(C)CN(C1CC1)S(=O)(=O)c1csc(C(=O)O)c1. The van der Waals surface area contributed by atoms with E-state index in [-0.39, 0.29) is 21.7 Å². The van der Waals surface area contributed by atoms with Crippen molar-refractivity contribution >= 4 is 27.3 Å². The summed E-state index contributed by atoms with van der Waals surface area (Å²) < 4.78 is 26.6. The second-order valence-electron chi connectivity index (χ2n) is 5.15. The third-order valence-electron chi connectivity index (χ3n) is 2.89. The monoisotopic (exact) mass is 303 g/mol. The van der Waals surface area contributed by atoms with Crippen molar-refractivity contribution in [3.05, 3.63) is 16.3 Å². The summed E-state index contributed by atoms with van der Waals surface area (Å²) in [6, 6.07) is 1.33. The maximum absolute atomic E-state index is 12.5. The molecule has 1 N–H and O–H groups in total. The van der Waals surface area contributed by atoms with Crippen LogP contribution in [-0.2, 0) is 10.0 Å². The molecule has 106 valence electrons. The highest BCUT2D eigenvalue weighted by atomic mass is 32.2. The van der Waals surface area contributed by atoms with Crippen LogP contribution >= 0.6 is 11.3 Å². The molecule has 19 heavy (non-hydrogen) atoms. The first-order valence-electron chi connectivity index (χ1n) is 6.16. The Kier molecular flexibility index (Phi) is 3.98. The topological polar surface area (TPSA) is 74.7 Å². The van der Waals surface area contributed by atoms with E-state index >= 15 is 0 Å². The number of carboxylic acids is 1. The Hall–Kier alpha value is -0.920. The largest absolute Gasteiger partial charge is 0.477 e. The molecule has 7 heteroatoms. The van der Waals surface area contributed by atoms with Crippen LogP contribution in [0.5, 0.6) is 0 Å².